The zero-order valence-corrected chi connectivity index (χ0v) is 58.6. The number of carboxylic acids is 7. The molecule has 1 aromatic heterocycles. The molecule has 0 spiro atoms. The van der Waals surface area contributed by atoms with Gasteiger partial charge in [-0.1, -0.05) is 113 Å². The lowest BCUT2D eigenvalue weighted by Gasteiger charge is -2.27. The highest BCUT2D eigenvalue weighted by Gasteiger charge is 2.38. The predicted octanol–water partition coefficient (Wildman–Crippen LogP) is 2.21. The van der Waals surface area contributed by atoms with Gasteiger partial charge in [0.2, 0.25) is 47.3 Å². The first kappa shape index (κ1) is 84.3. The van der Waals surface area contributed by atoms with E-state index in [0.717, 1.165) is 0 Å². The molecule has 0 saturated carbocycles. The van der Waals surface area contributed by atoms with Crippen LogP contribution in [-0.2, 0) is 89.8 Å². The standard InChI is InChI=1S/C72H78N10O27/c1-35(2)60(81-62(95)45(23-25-53(83)84)75-66(99)49(31-57(91)92)79-71(105)107-33-37-13-7-5-8-14-37)68(101)77-47(29-55(87)88)64(97)73-39-19-21-43-51(27-39)109-52-28-40(20-22-44(52)59(43)41-17-11-12-18-42(41)70(103)104)74-65(98)48(30-56(89)90)78-69(102)61(36(3)4)82-63(96)46(24-26-54(85)86)76-67(100)50(32-58(93)94)80-72(106)108-34-38-15-9-6-10-16-38/h5-22,27-28,35-36,45-50,60-61H,23-26,29-34H2,1-4H3,(H16-,73,74,75,76,77,78,79,80,81,82,83,84,85,86,87,88,89,90,91,92,93,94,95,96,97,98,99,100,101,102,103,104,105,106). The Labute approximate surface area is 618 Å². The van der Waals surface area contributed by atoms with Crippen LogP contribution in [-0.4, -0.2) is 180 Å². The molecule has 578 valence electrons. The minimum absolute atomic E-state index is 0.0485. The quantitative estimate of drug-likeness (QED) is 0.0194. The summed E-state index contributed by atoms with van der Waals surface area (Å²) in [6, 6.07) is 15.1. The van der Waals surface area contributed by atoms with Crippen LogP contribution in [0.5, 0.6) is 0 Å². The molecule has 0 aliphatic rings. The summed E-state index contributed by atoms with van der Waals surface area (Å²) in [5.74, 6) is -22.4. The van der Waals surface area contributed by atoms with Crippen molar-refractivity contribution < 1.29 is 131 Å². The van der Waals surface area contributed by atoms with E-state index in [2.05, 4.69) is 53.2 Å². The molecule has 6 rings (SSSR count). The second-order valence-corrected chi connectivity index (χ2v) is 25.2. The largest absolute Gasteiger partial charge is 0.545 e. The maximum Gasteiger partial charge on any atom is 0.408 e. The molecule has 5 aromatic carbocycles. The number of aromatic carboxylic acids is 1. The average Bonchev–Trinajstić information content (AvgIpc) is 0.747. The maximum absolute atomic E-state index is 14.2. The molecule has 0 aliphatic heterocycles. The molecule has 0 bridgehead atoms. The number of ether oxygens (including phenoxy) is 2. The number of carbonyl (C=O) groups excluding carboxylic acids is 11. The van der Waals surface area contributed by atoms with Gasteiger partial charge in [-0.25, -0.2) is 14.0 Å². The lowest BCUT2D eigenvalue weighted by atomic mass is 9.93. The molecular weight excluding hydrogens is 1440 g/mol. The van der Waals surface area contributed by atoms with Gasteiger partial charge in [-0.3, -0.25) is 67.1 Å². The van der Waals surface area contributed by atoms with Crippen LogP contribution in [0, 0.1) is 11.8 Å². The van der Waals surface area contributed by atoms with E-state index in [9.17, 15) is 117 Å². The van der Waals surface area contributed by atoms with Crippen molar-refractivity contribution >= 4 is 135 Å². The molecular formula is C72H78N10O27. The molecule has 37 nitrogen and oxygen atoms in total. The Kier molecular flexibility index (Phi) is 30.9. The fourth-order valence-electron chi connectivity index (χ4n) is 10.7. The van der Waals surface area contributed by atoms with Crippen molar-refractivity contribution in [3.63, 3.8) is 0 Å². The van der Waals surface area contributed by atoms with Crippen molar-refractivity contribution in [2.45, 2.75) is 141 Å². The van der Waals surface area contributed by atoms with Gasteiger partial charge in [-0.05, 0) is 65.6 Å². The van der Waals surface area contributed by atoms with Gasteiger partial charge in [0, 0.05) is 24.0 Å². The third kappa shape index (κ3) is 26.2. The van der Waals surface area contributed by atoms with Gasteiger partial charge in [-0.15, -0.1) is 0 Å². The van der Waals surface area contributed by atoms with Crippen LogP contribution in [0.2, 0.25) is 0 Å². The number of anilines is 2. The number of fused-ring (bicyclic) bond motifs is 2. The van der Waals surface area contributed by atoms with Gasteiger partial charge in [0.15, 0.2) is 0 Å². The second kappa shape index (κ2) is 40.0. The summed E-state index contributed by atoms with van der Waals surface area (Å²) >= 11 is 0. The minimum atomic E-state index is -1.95. The summed E-state index contributed by atoms with van der Waals surface area (Å²) in [6.45, 7) is 5.09. The Hall–Kier alpha value is -13.6. The van der Waals surface area contributed by atoms with Gasteiger partial charge < -0.3 is 103 Å². The zero-order valence-electron chi connectivity index (χ0n) is 58.6. The molecule has 37 heteroatoms. The number of aliphatic carboxylic acids is 6. The van der Waals surface area contributed by atoms with Crippen molar-refractivity contribution in [2.75, 3.05) is 10.6 Å². The van der Waals surface area contributed by atoms with Crippen molar-refractivity contribution in [3.05, 3.63) is 138 Å². The average molecular weight is 1520 g/mol. The number of rotatable bonds is 40. The Morgan fingerprint density at radius 2 is 0.706 bits per heavy atom. The van der Waals surface area contributed by atoms with E-state index in [1.54, 1.807) is 60.7 Å². The van der Waals surface area contributed by atoms with Crippen LogP contribution in [0.15, 0.2) is 126 Å². The number of amides is 10. The SMILES string of the molecule is CC(C)C(NC(=O)C(CCC(=O)O)NC(=O)C(CC(=O)O)NC(=O)OCc1ccccc1)C(=O)NC(CC(=O)O)C(=O)Nc1ccc2c(-c3ccccc3C(=O)[O-])c3ccc(NC(=O)C(CC(=O)O)NC(=O)C(NC(=O)C(CCC(=O)O)NC(=O)C(CC(=O)O)NC(=O)OCc4ccccc4)C(C)C)cc3[o+]c2c1. The van der Waals surface area contributed by atoms with E-state index in [0.29, 0.717) is 11.1 Å². The van der Waals surface area contributed by atoms with Gasteiger partial charge in [0.05, 0.1) is 65.9 Å². The normalized spacial score (nSPS) is 13.2. The fourth-order valence-corrected chi connectivity index (χ4v) is 10.7. The van der Waals surface area contributed by atoms with Gasteiger partial charge in [0.1, 0.15) is 61.5 Å². The molecule has 1 heterocycles. The minimum Gasteiger partial charge on any atom is -0.545 e. The van der Waals surface area contributed by atoms with Gasteiger partial charge in [-0.2, -0.15) is 0 Å². The highest BCUT2D eigenvalue weighted by atomic mass is 16.6. The smallest absolute Gasteiger partial charge is 0.408 e. The number of hydrogen-bond donors (Lipinski definition) is 16. The monoisotopic (exact) mass is 1510 g/mol. The number of benzene rings is 5. The van der Waals surface area contributed by atoms with Gasteiger partial charge >= 0.3 is 59.2 Å². The van der Waals surface area contributed by atoms with Crippen LogP contribution < -0.4 is 58.3 Å². The van der Waals surface area contributed by atoms with E-state index in [-0.39, 0.29) is 63.2 Å². The van der Waals surface area contributed by atoms with Crippen LogP contribution >= 0.6 is 0 Å². The molecule has 0 saturated heterocycles. The second-order valence-electron chi connectivity index (χ2n) is 25.2. The lowest BCUT2D eigenvalue weighted by Crippen LogP contribution is -2.59. The summed E-state index contributed by atoms with van der Waals surface area (Å²) in [5, 5.41) is 94.0. The van der Waals surface area contributed by atoms with E-state index in [4.69, 9.17) is 13.9 Å². The number of hydrogen-bond acceptors (Lipinski definition) is 20. The fraction of sp³-hybridized carbons (Fsp3) is 0.333. The molecule has 0 radical (unpaired) electrons. The number of nitrogens with one attached hydrogen (secondary N) is 10. The van der Waals surface area contributed by atoms with Crippen molar-refractivity contribution in [2.24, 2.45) is 11.8 Å². The third-order valence-corrected chi connectivity index (χ3v) is 16.2. The number of alkyl carbamates (subject to hydrolysis) is 2. The Morgan fingerprint density at radius 3 is 1.05 bits per heavy atom. The molecule has 0 fully saturated rings. The highest BCUT2D eigenvalue weighted by Crippen LogP contribution is 2.40. The van der Waals surface area contributed by atoms with E-state index in [1.807, 2.05) is 0 Å². The Balaban J connectivity index is 1.24. The number of carbonyl (C=O) groups is 17. The highest BCUT2D eigenvalue weighted by molar-refractivity contribution is 6.14. The Bertz CT molecular complexity index is 4200. The van der Waals surface area contributed by atoms with Crippen LogP contribution in [0.4, 0.5) is 21.0 Å². The van der Waals surface area contributed by atoms with Crippen molar-refractivity contribution in [1.29, 1.82) is 0 Å². The molecule has 0 aliphatic carbocycles. The first-order valence-electron chi connectivity index (χ1n) is 33.4. The van der Waals surface area contributed by atoms with Crippen molar-refractivity contribution in [3.8, 4) is 11.1 Å². The van der Waals surface area contributed by atoms with Gasteiger partial charge in [0.25, 0.3) is 0 Å². The summed E-state index contributed by atoms with van der Waals surface area (Å²) < 4.78 is 16.5. The van der Waals surface area contributed by atoms with E-state index < -0.39 is 213 Å². The summed E-state index contributed by atoms with van der Waals surface area (Å²) in [7, 11) is 0. The Morgan fingerprint density at radius 1 is 0.376 bits per heavy atom. The maximum atomic E-state index is 14.2. The lowest BCUT2D eigenvalue weighted by molar-refractivity contribution is -0.255. The first-order valence-corrected chi connectivity index (χ1v) is 33.4. The predicted molar refractivity (Wildman–Crippen MR) is 376 cm³/mol. The molecule has 8 unspecified atom stereocenters. The topological polar surface area (TPSA) is 585 Å². The third-order valence-electron chi connectivity index (χ3n) is 16.2. The molecule has 16 N–H and O–H groups in total. The first-order chi connectivity index (χ1) is 51.6. The number of carboxylic acid groups (broad SMARTS) is 7. The zero-order chi connectivity index (χ0) is 80.3. The summed E-state index contributed by atoms with van der Waals surface area (Å²) in [4.78, 5) is 221. The van der Waals surface area contributed by atoms with E-state index in [1.165, 1.54) is 88.4 Å². The summed E-state index contributed by atoms with van der Waals surface area (Å²) in [6.07, 6.45) is -9.60. The van der Waals surface area contributed by atoms with Crippen LogP contribution in [0.3, 0.4) is 0 Å². The molecule has 109 heavy (non-hydrogen) atoms. The summed E-state index contributed by atoms with van der Waals surface area (Å²) in [5.41, 5.74) is 0.343. The van der Waals surface area contributed by atoms with Crippen LogP contribution in [0.1, 0.15) is 101 Å². The molecule has 6 aromatic rings. The van der Waals surface area contributed by atoms with E-state index >= 15 is 0 Å². The van der Waals surface area contributed by atoms with Crippen molar-refractivity contribution in [1.82, 2.24) is 42.5 Å². The molecule has 10 amide bonds. The molecule has 8 atom stereocenters. The van der Waals surface area contributed by atoms with Crippen LogP contribution in [0.25, 0.3) is 33.1 Å².